The molecule has 0 saturated heterocycles. The highest BCUT2D eigenvalue weighted by Crippen LogP contribution is 2.25. The minimum atomic E-state index is -0.462. The number of alkyl halides is 1. The molecule has 0 saturated carbocycles. The third-order valence-corrected chi connectivity index (χ3v) is 3.47. The van der Waals surface area contributed by atoms with Crippen LogP contribution in [0.4, 0.5) is 11.4 Å². The van der Waals surface area contributed by atoms with Crippen LogP contribution in [-0.2, 0) is 4.79 Å². The number of hydrogen-bond acceptors (Lipinski definition) is 3. The van der Waals surface area contributed by atoms with Gasteiger partial charge >= 0.3 is 0 Å². The number of anilines is 1. The normalized spacial score (nSPS) is 11.9. The summed E-state index contributed by atoms with van der Waals surface area (Å²) in [7, 11) is 0. The molecule has 5 nitrogen and oxygen atoms in total. The van der Waals surface area contributed by atoms with E-state index < -0.39 is 4.92 Å². The van der Waals surface area contributed by atoms with Gasteiger partial charge in [-0.2, -0.15) is 0 Å². The summed E-state index contributed by atoms with van der Waals surface area (Å²) in [6.07, 6.45) is 0.653. The van der Waals surface area contributed by atoms with Crippen molar-refractivity contribution in [1.82, 2.24) is 0 Å². The van der Waals surface area contributed by atoms with Gasteiger partial charge in [0.05, 0.1) is 21.0 Å². The first-order chi connectivity index (χ1) is 7.97. The highest BCUT2D eigenvalue weighted by atomic mass is 79.9. The summed E-state index contributed by atoms with van der Waals surface area (Å²) in [6, 6.07) is 4.61. The van der Waals surface area contributed by atoms with Gasteiger partial charge < -0.3 is 5.32 Å². The second-order valence-electron chi connectivity index (χ2n) is 3.57. The fourth-order valence-electron chi connectivity index (χ4n) is 1.35. The Morgan fingerprint density at radius 3 is 2.76 bits per heavy atom. The lowest BCUT2D eigenvalue weighted by Crippen LogP contribution is -2.22. The van der Waals surface area contributed by atoms with E-state index in [4.69, 9.17) is 0 Å². The van der Waals surface area contributed by atoms with Gasteiger partial charge in [0.25, 0.3) is 5.69 Å². The van der Waals surface area contributed by atoms with Gasteiger partial charge in [0.15, 0.2) is 0 Å². The molecule has 1 aromatic rings. The summed E-state index contributed by atoms with van der Waals surface area (Å²) >= 11 is 3.23. The lowest BCUT2D eigenvalue weighted by Gasteiger charge is -2.10. The number of nitro groups is 1. The van der Waals surface area contributed by atoms with Gasteiger partial charge in [0.2, 0.25) is 5.91 Å². The van der Waals surface area contributed by atoms with E-state index in [9.17, 15) is 14.9 Å². The van der Waals surface area contributed by atoms with Crippen molar-refractivity contribution < 1.29 is 9.72 Å². The third-order valence-electron chi connectivity index (χ3n) is 2.40. The van der Waals surface area contributed by atoms with Crippen LogP contribution in [-0.4, -0.2) is 15.7 Å². The largest absolute Gasteiger partial charge is 0.325 e. The lowest BCUT2D eigenvalue weighted by atomic mass is 10.1. The standard InChI is InChI=1S/C11H13BrN2O3/c1-3-8(12)11(15)13-9-5-4-6-10(7(9)2)14(16)17/h4-6,8H,3H2,1-2H3,(H,13,15). The molecule has 0 fully saturated rings. The monoisotopic (exact) mass is 300 g/mol. The first kappa shape index (κ1) is 13.6. The van der Waals surface area contributed by atoms with Crippen molar-refractivity contribution >= 4 is 33.2 Å². The molecule has 0 spiro atoms. The molecular formula is C11H13BrN2O3. The van der Waals surface area contributed by atoms with Gasteiger partial charge in [-0.15, -0.1) is 0 Å². The van der Waals surface area contributed by atoms with E-state index in [0.717, 1.165) is 0 Å². The number of nitrogens with one attached hydrogen (secondary N) is 1. The van der Waals surface area contributed by atoms with Gasteiger partial charge in [0, 0.05) is 6.07 Å². The number of nitro benzene ring substituents is 1. The average Bonchev–Trinajstić information content (AvgIpc) is 2.30. The molecule has 1 rings (SSSR count). The second-order valence-corrected chi connectivity index (χ2v) is 4.68. The maximum absolute atomic E-state index is 11.6. The fraction of sp³-hybridized carbons (Fsp3) is 0.364. The molecule has 1 atom stereocenters. The Morgan fingerprint density at radius 1 is 1.59 bits per heavy atom. The molecule has 1 aromatic carbocycles. The summed E-state index contributed by atoms with van der Waals surface area (Å²) in [4.78, 5) is 21.6. The van der Waals surface area contributed by atoms with Crippen LogP contribution in [0.3, 0.4) is 0 Å². The molecule has 0 heterocycles. The number of carbonyl (C=O) groups excluding carboxylic acids is 1. The van der Waals surface area contributed by atoms with Crippen molar-refractivity contribution in [2.24, 2.45) is 0 Å². The van der Waals surface area contributed by atoms with Gasteiger partial charge in [-0.1, -0.05) is 28.9 Å². The van der Waals surface area contributed by atoms with Gasteiger partial charge in [-0.25, -0.2) is 0 Å². The number of halogens is 1. The number of rotatable bonds is 4. The summed E-state index contributed by atoms with van der Waals surface area (Å²) in [5.74, 6) is -0.198. The summed E-state index contributed by atoms with van der Waals surface area (Å²) in [6.45, 7) is 3.49. The molecule has 0 radical (unpaired) electrons. The van der Waals surface area contributed by atoms with Crippen molar-refractivity contribution in [3.63, 3.8) is 0 Å². The molecule has 1 amide bonds. The molecule has 17 heavy (non-hydrogen) atoms. The molecule has 1 N–H and O–H groups in total. The molecule has 92 valence electrons. The smallest absolute Gasteiger partial charge is 0.274 e. The first-order valence-electron chi connectivity index (χ1n) is 5.16. The molecule has 0 aliphatic carbocycles. The van der Waals surface area contributed by atoms with Crippen LogP contribution in [0.1, 0.15) is 18.9 Å². The minimum absolute atomic E-state index is 0.00502. The van der Waals surface area contributed by atoms with E-state index in [-0.39, 0.29) is 16.4 Å². The second kappa shape index (κ2) is 5.77. The quantitative estimate of drug-likeness (QED) is 0.528. The molecule has 0 aliphatic rings. The Bertz CT molecular complexity index is 448. The zero-order valence-corrected chi connectivity index (χ0v) is 11.2. The van der Waals surface area contributed by atoms with Crippen molar-refractivity contribution in [3.05, 3.63) is 33.9 Å². The third kappa shape index (κ3) is 3.26. The van der Waals surface area contributed by atoms with Crippen molar-refractivity contribution in [2.75, 3.05) is 5.32 Å². The van der Waals surface area contributed by atoms with Crippen LogP contribution in [0.25, 0.3) is 0 Å². The molecular weight excluding hydrogens is 288 g/mol. The van der Waals surface area contributed by atoms with E-state index in [1.165, 1.54) is 6.07 Å². The number of nitrogens with zero attached hydrogens (tertiary/aromatic N) is 1. The van der Waals surface area contributed by atoms with Crippen LogP contribution in [0, 0.1) is 17.0 Å². The van der Waals surface area contributed by atoms with Crippen molar-refractivity contribution in [2.45, 2.75) is 25.1 Å². The van der Waals surface area contributed by atoms with E-state index in [0.29, 0.717) is 17.7 Å². The Morgan fingerprint density at radius 2 is 2.24 bits per heavy atom. The van der Waals surface area contributed by atoms with E-state index in [1.807, 2.05) is 6.92 Å². The highest BCUT2D eigenvalue weighted by Gasteiger charge is 2.17. The topological polar surface area (TPSA) is 72.2 Å². The zero-order valence-electron chi connectivity index (χ0n) is 9.57. The zero-order chi connectivity index (χ0) is 13.0. The predicted molar refractivity (Wildman–Crippen MR) is 69.5 cm³/mol. The summed E-state index contributed by atoms with van der Waals surface area (Å²) < 4.78 is 0. The Hall–Kier alpha value is -1.43. The highest BCUT2D eigenvalue weighted by molar-refractivity contribution is 9.10. The maximum Gasteiger partial charge on any atom is 0.274 e. The average molecular weight is 301 g/mol. The van der Waals surface area contributed by atoms with Gasteiger partial charge in [0.1, 0.15) is 0 Å². The van der Waals surface area contributed by atoms with Crippen LogP contribution in [0.5, 0.6) is 0 Å². The van der Waals surface area contributed by atoms with E-state index >= 15 is 0 Å². The number of benzene rings is 1. The number of carbonyl (C=O) groups is 1. The van der Waals surface area contributed by atoms with Crippen LogP contribution in [0.2, 0.25) is 0 Å². The number of amides is 1. The molecule has 0 aromatic heterocycles. The summed E-state index contributed by atoms with van der Waals surface area (Å²) in [5, 5.41) is 13.4. The lowest BCUT2D eigenvalue weighted by molar-refractivity contribution is -0.385. The Labute approximate surface area is 107 Å². The number of hydrogen-bond donors (Lipinski definition) is 1. The molecule has 0 aliphatic heterocycles. The maximum atomic E-state index is 11.6. The van der Waals surface area contributed by atoms with Crippen molar-refractivity contribution in [3.8, 4) is 0 Å². The van der Waals surface area contributed by atoms with E-state index in [2.05, 4.69) is 21.2 Å². The Kier molecular flexibility index (Phi) is 4.62. The van der Waals surface area contributed by atoms with Gasteiger partial charge in [-0.05, 0) is 19.4 Å². The minimum Gasteiger partial charge on any atom is -0.325 e. The van der Waals surface area contributed by atoms with Crippen LogP contribution >= 0.6 is 15.9 Å². The SMILES string of the molecule is CCC(Br)C(=O)Nc1cccc([N+](=O)[O-])c1C. The van der Waals surface area contributed by atoms with E-state index in [1.54, 1.807) is 19.1 Å². The molecule has 6 heteroatoms. The summed E-state index contributed by atoms with van der Waals surface area (Å²) in [5.41, 5.74) is 0.939. The molecule has 1 unspecified atom stereocenters. The van der Waals surface area contributed by atoms with Crippen LogP contribution < -0.4 is 5.32 Å². The predicted octanol–water partition coefficient (Wildman–Crippen LogP) is 3.02. The fourth-order valence-corrected chi connectivity index (χ4v) is 1.47. The Balaban J connectivity index is 2.96. The van der Waals surface area contributed by atoms with Crippen molar-refractivity contribution in [1.29, 1.82) is 0 Å². The van der Waals surface area contributed by atoms with Crippen LogP contribution in [0.15, 0.2) is 18.2 Å². The molecule has 0 bridgehead atoms. The van der Waals surface area contributed by atoms with Gasteiger partial charge in [-0.3, -0.25) is 14.9 Å². The first-order valence-corrected chi connectivity index (χ1v) is 6.07.